The molecule has 2 aromatic rings. The molecule has 26 heavy (non-hydrogen) atoms. The normalized spacial score (nSPS) is 18.8. The number of anilines is 1. The number of nitrogens with one attached hydrogen (secondary N) is 1. The number of thiophene rings is 1. The lowest BCUT2D eigenvalue weighted by atomic mass is 9.99. The van der Waals surface area contributed by atoms with E-state index in [1.54, 1.807) is 29.1 Å². The predicted molar refractivity (Wildman–Crippen MR) is 105 cm³/mol. The second-order valence-corrected chi connectivity index (χ2v) is 10.8. The number of carbonyl (C=O) groups excluding carboxylic acids is 1. The summed E-state index contributed by atoms with van der Waals surface area (Å²) in [6.45, 7) is 3.40. The molecule has 1 aliphatic heterocycles. The van der Waals surface area contributed by atoms with Gasteiger partial charge in [-0.05, 0) is 47.3 Å². The van der Waals surface area contributed by atoms with Crippen LogP contribution in [-0.4, -0.2) is 41.5 Å². The maximum atomic E-state index is 12.8. The van der Waals surface area contributed by atoms with Gasteiger partial charge < -0.3 is 5.32 Å². The molecule has 1 fully saturated rings. The number of aromatic nitrogens is 2. The zero-order chi connectivity index (χ0) is 18.7. The molecular formula is C16H21BrN4O3S2. The van der Waals surface area contributed by atoms with Crippen LogP contribution >= 0.6 is 27.3 Å². The lowest BCUT2D eigenvalue weighted by molar-refractivity contribution is -0.120. The first-order chi connectivity index (χ1) is 12.4. The molecule has 142 valence electrons. The van der Waals surface area contributed by atoms with E-state index in [0.717, 1.165) is 16.8 Å². The van der Waals surface area contributed by atoms with E-state index in [2.05, 4.69) is 26.3 Å². The molecule has 1 amide bonds. The van der Waals surface area contributed by atoms with E-state index in [1.165, 1.54) is 15.6 Å². The Morgan fingerprint density at radius 2 is 2.23 bits per heavy atom. The van der Waals surface area contributed by atoms with E-state index < -0.39 is 10.0 Å². The van der Waals surface area contributed by atoms with Crippen molar-refractivity contribution in [3.63, 3.8) is 0 Å². The summed E-state index contributed by atoms with van der Waals surface area (Å²) in [5.41, 5.74) is 0. The number of sulfonamides is 1. The van der Waals surface area contributed by atoms with Gasteiger partial charge in [0, 0.05) is 25.7 Å². The Balaban J connectivity index is 1.70. The molecule has 0 aliphatic carbocycles. The quantitative estimate of drug-likeness (QED) is 0.717. The molecule has 1 N–H and O–H groups in total. The van der Waals surface area contributed by atoms with Gasteiger partial charge in [0.25, 0.3) is 10.0 Å². The molecule has 7 nitrogen and oxygen atoms in total. The van der Waals surface area contributed by atoms with Gasteiger partial charge in [-0.25, -0.2) is 13.1 Å². The van der Waals surface area contributed by atoms with Crippen LogP contribution in [0.25, 0.3) is 0 Å². The minimum Gasteiger partial charge on any atom is -0.311 e. The predicted octanol–water partition coefficient (Wildman–Crippen LogP) is 3.16. The smallest absolute Gasteiger partial charge is 0.252 e. The van der Waals surface area contributed by atoms with Crippen molar-refractivity contribution >= 4 is 49.0 Å². The number of hydrogen-bond acceptors (Lipinski definition) is 5. The molecule has 2 aromatic heterocycles. The van der Waals surface area contributed by atoms with E-state index in [4.69, 9.17) is 0 Å². The van der Waals surface area contributed by atoms with Crippen LogP contribution in [0.3, 0.4) is 0 Å². The first kappa shape index (κ1) is 19.5. The minimum atomic E-state index is -3.56. The minimum absolute atomic E-state index is 0.157. The van der Waals surface area contributed by atoms with Gasteiger partial charge in [0.2, 0.25) is 5.91 Å². The average molecular weight is 461 g/mol. The maximum Gasteiger partial charge on any atom is 0.252 e. The van der Waals surface area contributed by atoms with Crippen LogP contribution in [0, 0.1) is 5.92 Å². The van der Waals surface area contributed by atoms with Gasteiger partial charge in [0.15, 0.2) is 0 Å². The van der Waals surface area contributed by atoms with Crippen LogP contribution in [0.2, 0.25) is 0 Å². The molecule has 0 aromatic carbocycles. The number of carbonyl (C=O) groups is 1. The third kappa shape index (κ3) is 4.19. The number of rotatable bonds is 6. The molecule has 0 bridgehead atoms. The summed E-state index contributed by atoms with van der Waals surface area (Å²) in [7, 11) is -3.56. The van der Waals surface area contributed by atoms with Crippen molar-refractivity contribution in [1.82, 2.24) is 14.1 Å². The molecule has 3 rings (SSSR count). The fraction of sp³-hybridized carbons (Fsp3) is 0.500. The Morgan fingerprint density at radius 1 is 1.42 bits per heavy atom. The van der Waals surface area contributed by atoms with Crippen LogP contribution in [-0.2, 0) is 21.4 Å². The number of piperidine rings is 1. The van der Waals surface area contributed by atoms with Gasteiger partial charge in [-0.15, -0.1) is 11.3 Å². The number of hydrogen-bond donors (Lipinski definition) is 1. The topological polar surface area (TPSA) is 84.3 Å². The first-order valence-electron chi connectivity index (χ1n) is 8.50. The average Bonchev–Trinajstić information content (AvgIpc) is 3.25. The third-order valence-electron chi connectivity index (χ3n) is 4.30. The zero-order valence-corrected chi connectivity index (χ0v) is 17.6. The van der Waals surface area contributed by atoms with Crippen LogP contribution < -0.4 is 5.32 Å². The molecule has 10 heteroatoms. The molecule has 3 heterocycles. The van der Waals surface area contributed by atoms with E-state index in [9.17, 15) is 13.2 Å². The van der Waals surface area contributed by atoms with E-state index in [-0.39, 0.29) is 18.4 Å². The summed E-state index contributed by atoms with van der Waals surface area (Å²) in [5, 5.41) is 7.09. The zero-order valence-electron chi connectivity index (χ0n) is 14.4. The largest absolute Gasteiger partial charge is 0.311 e. The fourth-order valence-corrected chi connectivity index (χ4v) is 6.68. The van der Waals surface area contributed by atoms with Crippen molar-refractivity contribution in [3.05, 3.63) is 28.2 Å². The van der Waals surface area contributed by atoms with Gasteiger partial charge in [-0.1, -0.05) is 6.92 Å². The van der Waals surface area contributed by atoms with E-state index in [1.807, 2.05) is 6.92 Å². The summed E-state index contributed by atoms with van der Waals surface area (Å²) in [4.78, 5) is 12.7. The molecule has 0 saturated carbocycles. The monoisotopic (exact) mass is 460 g/mol. The lowest BCUT2D eigenvalue weighted by Crippen LogP contribution is -2.43. The van der Waals surface area contributed by atoms with Crippen molar-refractivity contribution in [2.24, 2.45) is 5.92 Å². The standard InChI is InChI=1S/C16H21BrN4O3S2/c1-2-9-21-14(7-8-18-21)19-16(22)12-4-3-10-20(11-12)26(23,24)15-6-5-13(17)25-15/h5-8,12H,2-4,9-11H2,1H3,(H,19,22). The molecule has 1 aliphatic rings. The van der Waals surface area contributed by atoms with Gasteiger partial charge in [0.05, 0.1) is 15.9 Å². The van der Waals surface area contributed by atoms with Crippen molar-refractivity contribution in [1.29, 1.82) is 0 Å². The van der Waals surface area contributed by atoms with Gasteiger partial charge >= 0.3 is 0 Å². The molecule has 1 saturated heterocycles. The molecular weight excluding hydrogens is 440 g/mol. The van der Waals surface area contributed by atoms with Gasteiger partial charge in [0.1, 0.15) is 10.0 Å². The molecule has 0 spiro atoms. The Labute approximate surface area is 165 Å². The second kappa shape index (κ2) is 8.20. The Kier molecular flexibility index (Phi) is 6.16. The Hall–Kier alpha value is -1.23. The van der Waals surface area contributed by atoms with Crippen LogP contribution in [0.4, 0.5) is 5.82 Å². The highest BCUT2D eigenvalue weighted by Gasteiger charge is 2.34. The van der Waals surface area contributed by atoms with Crippen LogP contribution in [0.5, 0.6) is 0 Å². The molecule has 0 radical (unpaired) electrons. The second-order valence-electron chi connectivity index (χ2n) is 6.19. The molecule has 1 unspecified atom stereocenters. The van der Waals surface area contributed by atoms with E-state index >= 15 is 0 Å². The SMILES string of the molecule is CCCn1nccc1NC(=O)C1CCCN(S(=O)(=O)c2ccc(Br)s2)C1. The highest BCUT2D eigenvalue weighted by atomic mass is 79.9. The van der Waals surface area contributed by atoms with Crippen LogP contribution in [0.1, 0.15) is 26.2 Å². The number of halogens is 1. The summed E-state index contributed by atoms with van der Waals surface area (Å²) in [6, 6.07) is 5.08. The van der Waals surface area contributed by atoms with Crippen molar-refractivity contribution < 1.29 is 13.2 Å². The van der Waals surface area contributed by atoms with Gasteiger partial charge in [-0.2, -0.15) is 9.40 Å². The lowest BCUT2D eigenvalue weighted by Gasteiger charge is -2.30. The highest BCUT2D eigenvalue weighted by molar-refractivity contribution is 9.11. The Bertz CT molecular complexity index is 878. The summed E-state index contributed by atoms with van der Waals surface area (Å²) in [6.07, 6.45) is 3.90. The number of aryl methyl sites for hydroxylation is 1. The van der Waals surface area contributed by atoms with E-state index in [0.29, 0.717) is 29.4 Å². The molecule has 1 atom stereocenters. The summed E-state index contributed by atoms with van der Waals surface area (Å²) in [5.74, 6) is 0.126. The maximum absolute atomic E-state index is 12.8. The fourth-order valence-electron chi connectivity index (χ4n) is 3.00. The highest BCUT2D eigenvalue weighted by Crippen LogP contribution is 2.31. The summed E-state index contributed by atoms with van der Waals surface area (Å²) >= 11 is 4.48. The van der Waals surface area contributed by atoms with Crippen molar-refractivity contribution in [2.45, 2.75) is 36.9 Å². The van der Waals surface area contributed by atoms with Crippen LogP contribution in [0.15, 0.2) is 32.4 Å². The van der Waals surface area contributed by atoms with Crippen molar-refractivity contribution in [3.8, 4) is 0 Å². The third-order valence-corrected chi connectivity index (χ3v) is 8.26. The summed E-state index contributed by atoms with van der Waals surface area (Å²) < 4.78 is 29.8. The Morgan fingerprint density at radius 3 is 2.92 bits per heavy atom. The van der Waals surface area contributed by atoms with Gasteiger partial charge in [-0.3, -0.25) is 4.79 Å². The van der Waals surface area contributed by atoms with Crippen molar-refractivity contribution in [2.75, 3.05) is 18.4 Å². The first-order valence-corrected chi connectivity index (χ1v) is 11.5. The number of amides is 1. The number of nitrogens with zero attached hydrogens (tertiary/aromatic N) is 3.